The zero-order chi connectivity index (χ0) is 13.1. The minimum Gasteiger partial charge on any atom is -0.339 e. The molecule has 0 amide bonds. The second kappa shape index (κ2) is 5.67. The van der Waals surface area contributed by atoms with Gasteiger partial charge in [0.1, 0.15) is 17.3 Å². The van der Waals surface area contributed by atoms with Crippen molar-refractivity contribution in [2.24, 2.45) is 0 Å². The molecule has 0 saturated heterocycles. The van der Waals surface area contributed by atoms with Crippen LogP contribution in [0, 0.1) is 0 Å². The zero-order valence-corrected chi connectivity index (χ0v) is 12.5. The van der Waals surface area contributed by atoms with Crippen molar-refractivity contribution in [1.82, 2.24) is 9.97 Å². The Morgan fingerprint density at radius 2 is 2.06 bits per heavy atom. The van der Waals surface area contributed by atoms with Crippen molar-refractivity contribution in [3.05, 3.63) is 45.8 Å². The smallest absolute Gasteiger partial charge is 0.149 e. The fourth-order valence-corrected chi connectivity index (χ4v) is 1.98. The van der Waals surface area contributed by atoms with Gasteiger partial charge in [0.25, 0.3) is 0 Å². The zero-order valence-electron chi connectivity index (χ0n) is 10.1. The van der Waals surface area contributed by atoms with Crippen LogP contribution < -0.4 is 5.32 Å². The number of halogens is 2. The van der Waals surface area contributed by atoms with Crippen LogP contribution in [0.3, 0.4) is 0 Å². The fourth-order valence-electron chi connectivity index (χ4n) is 1.55. The summed E-state index contributed by atoms with van der Waals surface area (Å²) in [5, 5.41) is 3.62. The molecule has 0 spiro atoms. The standard InChI is InChI=1S/C13H13BrClN3/c1-8(2)9-4-3-5-10(6-9)18-13-11(14)12(15)16-7-17-13/h3-8H,1-2H3,(H,16,17,18). The molecule has 1 aromatic carbocycles. The molecule has 1 N–H and O–H groups in total. The largest absolute Gasteiger partial charge is 0.339 e. The molecule has 0 fully saturated rings. The highest BCUT2D eigenvalue weighted by atomic mass is 79.9. The molecule has 2 rings (SSSR count). The van der Waals surface area contributed by atoms with E-state index in [0.717, 1.165) is 5.69 Å². The molecule has 0 bridgehead atoms. The SMILES string of the molecule is CC(C)c1cccc(Nc2ncnc(Cl)c2Br)c1. The summed E-state index contributed by atoms with van der Waals surface area (Å²) in [6.07, 6.45) is 1.43. The van der Waals surface area contributed by atoms with E-state index < -0.39 is 0 Å². The molecule has 0 atom stereocenters. The highest BCUT2D eigenvalue weighted by Crippen LogP contribution is 2.29. The summed E-state index contributed by atoms with van der Waals surface area (Å²) in [4.78, 5) is 8.05. The third-order valence-electron chi connectivity index (χ3n) is 2.56. The van der Waals surface area contributed by atoms with Crippen molar-refractivity contribution in [2.75, 3.05) is 5.32 Å². The Balaban J connectivity index is 2.28. The lowest BCUT2D eigenvalue weighted by molar-refractivity contribution is 0.867. The Labute approximate surface area is 120 Å². The van der Waals surface area contributed by atoms with E-state index in [1.807, 2.05) is 12.1 Å². The maximum atomic E-state index is 5.92. The first-order valence-corrected chi connectivity index (χ1v) is 6.78. The van der Waals surface area contributed by atoms with Crippen LogP contribution in [-0.2, 0) is 0 Å². The highest BCUT2D eigenvalue weighted by molar-refractivity contribution is 9.10. The van der Waals surface area contributed by atoms with Crippen LogP contribution in [0.4, 0.5) is 11.5 Å². The summed E-state index contributed by atoms with van der Waals surface area (Å²) in [7, 11) is 0. The summed E-state index contributed by atoms with van der Waals surface area (Å²) in [6.45, 7) is 4.33. The first-order chi connectivity index (χ1) is 8.58. The van der Waals surface area contributed by atoms with Crippen LogP contribution >= 0.6 is 27.5 Å². The number of nitrogens with zero attached hydrogens (tertiary/aromatic N) is 2. The molecule has 0 unspecified atom stereocenters. The van der Waals surface area contributed by atoms with Crippen molar-refractivity contribution < 1.29 is 0 Å². The van der Waals surface area contributed by atoms with Crippen LogP contribution in [0.1, 0.15) is 25.3 Å². The van der Waals surface area contributed by atoms with Crippen LogP contribution in [0.5, 0.6) is 0 Å². The summed E-state index contributed by atoms with van der Waals surface area (Å²) < 4.78 is 0.668. The number of hydrogen-bond acceptors (Lipinski definition) is 3. The summed E-state index contributed by atoms with van der Waals surface area (Å²) in [6, 6.07) is 8.23. The third-order valence-corrected chi connectivity index (χ3v) is 3.83. The minimum atomic E-state index is 0.396. The second-order valence-corrected chi connectivity index (χ2v) is 5.38. The molecule has 0 aliphatic rings. The van der Waals surface area contributed by atoms with E-state index in [1.165, 1.54) is 11.9 Å². The summed E-state index contributed by atoms with van der Waals surface area (Å²) >= 11 is 9.29. The van der Waals surface area contributed by atoms with Gasteiger partial charge >= 0.3 is 0 Å². The van der Waals surface area contributed by atoms with E-state index in [9.17, 15) is 0 Å². The van der Waals surface area contributed by atoms with E-state index in [0.29, 0.717) is 21.4 Å². The molecular formula is C13H13BrClN3. The topological polar surface area (TPSA) is 37.8 Å². The molecule has 0 saturated carbocycles. The number of rotatable bonds is 3. The number of anilines is 2. The van der Waals surface area contributed by atoms with Crippen molar-refractivity contribution in [3.8, 4) is 0 Å². The van der Waals surface area contributed by atoms with E-state index in [1.54, 1.807) is 0 Å². The molecule has 18 heavy (non-hydrogen) atoms. The number of aromatic nitrogens is 2. The predicted octanol–water partition coefficient (Wildman–Crippen LogP) is 4.76. The normalized spacial score (nSPS) is 10.7. The number of benzene rings is 1. The summed E-state index contributed by atoms with van der Waals surface area (Å²) in [5.41, 5.74) is 2.26. The Morgan fingerprint density at radius 1 is 1.28 bits per heavy atom. The molecule has 1 aromatic heterocycles. The second-order valence-electron chi connectivity index (χ2n) is 4.23. The predicted molar refractivity (Wildman–Crippen MR) is 78.6 cm³/mol. The lowest BCUT2D eigenvalue weighted by Gasteiger charge is -2.11. The molecule has 0 aliphatic carbocycles. The van der Waals surface area contributed by atoms with Gasteiger partial charge in [0.05, 0.1) is 4.47 Å². The van der Waals surface area contributed by atoms with Crippen LogP contribution in [0.15, 0.2) is 35.1 Å². The van der Waals surface area contributed by atoms with Crippen LogP contribution in [0.25, 0.3) is 0 Å². The van der Waals surface area contributed by atoms with Crippen LogP contribution in [-0.4, -0.2) is 9.97 Å². The third kappa shape index (κ3) is 3.00. The van der Waals surface area contributed by atoms with E-state index in [2.05, 4.69) is 57.2 Å². The molecule has 0 radical (unpaired) electrons. The van der Waals surface area contributed by atoms with Gasteiger partial charge < -0.3 is 5.32 Å². The quantitative estimate of drug-likeness (QED) is 0.826. The Kier molecular flexibility index (Phi) is 4.19. The van der Waals surface area contributed by atoms with Gasteiger partial charge in [-0.05, 0) is 39.5 Å². The molecule has 0 aliphatic heterocycles. The van der Waals surface area contributed by atoms with Gasteiger partial charge in [-0.3, -0.25) is 0 Å². The van der Waals surface area contributed by atoms with E-state index in [-0.39, 0.29) is 0 Å². The molecule has 3 nitrogen and oxygen atoms in total. The first kappa shape index (κ1) is 13.3. The average molecular weight is 327 g/mol. The molecule has 5 heteroatoms. The van der Waals surface area contributed by atoms with Gasteiger partial charge in [-0.1, -0.05) is 37.6 Å². The lowest BCUT2D eigenvalue weighted by atomic mass is 10.0. The van der Waals surface area contributed by atoms with Crippen LogP contribution in [0.2, 0.25) is 5.15 Å². The lowest BCUT2D eigenvalue weighted by Crippen LogP contribution is -1.97. The Hall–Kier alpha value is -1.13. The van der Waals surface area contributed by atoms with Gasteiger partial charge in [-0.2, -0.15) is 0 Å². The molecule has 2 aromatic rings. The maximum absolute atomic E-state index is 5.92. The van der Waals surface area contributed by atoms with E-state index >= 15 is 0 Å². The van der Waals surface area contributed by atoms with Crippen molar-refractivity contribution in [2.45, 2.75) is 19.8 Å². The van der Waals surface area contributed by atoms with E-state index in [4.69, 9.17) is 11.6 Å². The Bertz CT molecular complexity index is 558. The van der Waals surface area contributed by atoms with Gasteiger partial charge in [-0.25, -0.2) is 9.97 Å². The van der Waals surface area contributed by atoms with Gasteiger partial charge in [0, 0.05) is 5.69 Å². The summed E-state index contributed by atoms with van der Waals surface area (Å²) in [5.74, 6) is 1.15. The first-order valence-electron chi connectivity index (χ1n) is 5.61. The number of nitrogens with one attached hydrogen (secondary N) is 1. The monoisotopic (exact) mass is 325 g/mol. The molecule has 1 heterocycles. The highest BCUT2D eigenvalue weighted by Gasteiger charge is 2.07. The van der Waals surface area contributed by atoms with Crippen molar-refractivity contribution in [3.63, 3.8) is 0 Å². The minimum absolute atomic E-state index is 0.396. The van der Waals surface area contributed by atoms with Gasteiger partial charge in [-0.15, -0.1) is 0 Å². The van der Waals surface area contributed by atoms with Gasteiger partial charge in [0.15, 0.2) is 0 Å². The van der Waals surface area contributed by atoms with Crippen molar-refractivity contribution >= 4 is 39.0 Å². The fraction of sp³-hybridized carbons (Fsp3) is 0.231. The average Bonchev–Trinajstić information content (AvgIpc) is 2.35. The molecular weight excluding hydrogens is 314 g/mol. The molecule has 94 valence electrons. The van der Waals surface area contributed by atoms with Gasteiger partial charge in [0.2, 0.25) is 0 Å². The Morgan fingerprint density at radius 3 is 2.78 bits per heavy atom. The van der Waals surface area contributed by atoms with Crippen molar-refractivity contribution in [1.29, 1.82) is 0 Å². The number of hydrogen-bond donors (Lipinski definition) is 1. The maximum Gasteiger partial charge on any atom is 0.149 e.